The molecule has 0 spiro atoms. The van der Waals surface area contributed by atoms with Crippen LogP contribution in [0, 0.1) is 5.41 Å². The fourth-order valence-electron chi connectivity index (χ4n) is 3.55. The highest BCUT2D eigenvalue weighted by atomic mass is 16.5. The number of amides is 1. The minimum Gasteiger partial charge on any atom is -0.493 e. The van der Waals surface area contributed by atoms with E-state index in [-0.39, 0.29) is 17.2 Å². The summed E-state index contributed by atoms with van der Waals surface area (Å²) in [5, 5.41) is 0. The predicted octanol–water partition coefficient (Wildman–Crippen LogP) is 5.00. The quantitative estimate of drug-likeness (QED) is 0.743. The molecule has 1 aliphatic rings. The molecule has 0 saturated heterocycles. The van der Waals surface area contributed by atoms with Crippen molar-refractivity contribution >= 4 is 5.91 Å². The molecule has 1 amide bonds. The van der Waals surface area contributed by atoms with E-state index in [2.05, 4.69) is 39.0 Å². The number of ether oxygens (including phenoxy) is 2. The molecule has 2 aromatic carbocycles. The van der Waals surface area contributed by atoms with Crippen LogP contribution in [0.4, 0.5) is 0 Å². The van der Waals surface area contributed by atoms with Gasteiger partial charge in [-0.3, -0.25) is 4.79 Å². The highest BCUT2D eigenvalue weighted by molar-refractivity contribution is 5.73. The first kappa shape index (κ1) is 18.3. The Morgan fingerprint density at radius 2 is 1.81 bits per heavy atom. The Labute approximate surface area is 155 Å². The van der Waals surface area contributed by atoms with E-state index in [0.29, 0.717) is 13.0 Å². The molecule has 0 aromatic heterocycles. The lowest BCUT2D eigenvalue weighted by molar-refractivity contribution is -0.118. The first-order chi connectivity index (χ1) is 12.4. The molecule has 1 atom stereocenters. The van der Waals surface area contributed by atoms with E-state index >= 15 is 0 Å². The first-order valence-corrected chi connectivity index (χ1v) is 9.18. The molecular weight excluding hydrogens is 326 g/mol. The van der Waals surface area contributed by atoms with Crippen LogP contribution in [0.25, 0.3) is 0 Å². The summed E-state index contributed by atoms with van der Waals surface area (Å²) in [5.41, 5.74) is 7.65. The molecule has 1 aliphatic heterocycles. The fourth-order valence-corrected chi connectivity index (χ4v) is 3.55. The van der Waals surface area contributed by atoms with Crippen molar-refractivity contribution in [2.75, 3.05) is 6.61 Å². The number of unbranched alkanes of at least 4 members (excludes halogenated alkanes) is 1. The van der Waals surface area contributed by atoms with Crippen LogP contribution >= 0.6 is 0 Å². The number of hydrogen-bond acceptors (Lipinski definition) is 3. The highest BCUT2D eigenvalue weighted by Crippen LogP contribution is 2.52. The van der Waals surface area contributed by atoms with E-state index in [9.17, 15) is 4.79 Å². The average Bonchev–Trinajstić information content (AvgIpc) is 2.57. The molecule has 138 valence electrons. The third kappa shape index (κ3) is 4.01. The van der Waals surface area contributed by atoms with Crippen LogP contribution in [-0.4, -0.2) is 12.5 Å². The normalized spacial score (nSPS) is 15.6. The molecule has 2 N–H and O–H groups in total. The average molecular weight is 353 g/mol. The number of fused-ring (bicyclic) bond motifs is 2. The van der Waals surface area contributed by atoms with E-state index in [4.69, 9.17) is 15.2 Å². The zero-order valence-electron chi connectivity index (χ0n) is 15.7. The number of carbonyl (C=O) groups is 1. The summed E-state index contributed by atoms with van der Waals surface area (Å²) in [6.45, 7) is 7.33. The maximum absolute atomic E-state index is 10.8. The molecule has 0 saturated carbocycles. The van der Waals surface area contributed by atoms with E-state index in [1.165, 1.54) is 11.1 Å². The van der Waals surface area contributed by atoms with Gasteiger partial charge in [-0.05, 0) is 30.4 Å². The molecule has 1 unspecified atom stereocenters. The summed E-state index contributed by atoms with van der Waals surface area (Å²) < 4.78 is 12.0. The van der Waals surface area contributed by atoms with Gasteiger partial charge in [-0.25, -0.2) is 0 Å². The van der Waals surface area contributed by atoms with Crippen molar-refractivity contribution < 1.29 is 14.3 Å². The molecule has 0 fully saturated rings. The number of rotatable bonds is 6. The summed E-state index contributed by atoms with van der Waals surface area (Å²) in [6, 6.07) is 14.3. The molecule has 0 bridgehead atoms. The van der Waals surface area contributed by atoms with Crippen LogP contribution < -0.4 is 15.2 Å². The van der Waals surface area contributed by atoms with Crippen molar-refractivity contribution in [1.29, 1.82) is 0 Å². The minimum absolute atomic E-state index is 0.0752. The zero-order valence-corrected chi connectivity index (χ0v) is 15.7. The maximum Gasteiger partial charge on any atom is 0.217 e. The second kappa shape index (κ2) is 7.40. The van der Waals surface area contributed by atoms with Crippen molar-refractivity contribution in [3.05, 3.63) is 53.6 Å². The standard InChI is InChI=1S/C22H27NO3/c1-22(2,3)21-16-8-4-5-9-18(16)26-19-14-15(11-12-17(19)21)25-13-7-6-10-20(23)24/h4-5,8-9,11-12,14,21H,6-7,10,13H2,1-3H3,(H2,23,24). The van der Waals surface area contributed by atoms with Gasteiger partial charge in [0.15, 0.2) is 0 Å². The Morgan fingerprint density at radius 1 is 1.08 bits per heavy atom. The zero-order chi connectivity index (χ0) is 18.7. The topological polar surface area (TPSA) is 61.6 Å². The Hall–Kier alpha value is -2.49. The van der Waals surface area contributed by atoms with Gasteiger partial charge in [0.05, 0.1) is 6.61 Å². The number of para-hydroxylation sites is 1. The van der Waals surface area contributed by atoms with Crippen molar-refractivity contribution in [1.82, 2.24) is 0 Å². The molecule has 26 heavy (non-hydrogen) atoms. The number of nitrogens with two attached hydrogens (primary N) is 1. The monoisotopic (exact) mass is 353 g/mol. The molecule has 4 nitrogen and oxygen atoms in total. The van der Waals surface area contributed by atoms with Gasteiger partial charge in [0.2, 0.25) is 5.91 Å². The highest BCUT2D eigenvalue weighted by Gasteiger charge is 2.35. The van der Waals surface area contributed by atoms with E-state index < -0.39 is 0 Å². The lowest BCUT2D eigenvalue weighted by Crippen LogP contribution is -2.23. The third-order valence-corrected chi connectivity index (χ3v) is 4.70. The lowest BCUT2D eigenvalue weighted by Gasteiger charge is -2.37. The van der Waals surface area contributed by atoms with Crippen molar-refractivity contribution in [3.63, 3.8) is 0 Å². The number of primary amides is 1. The number of carbonyl (C=O) groups excluding carboxylic acids is 1. The van der Waals surface area contributed by atoms with Gasteiger partial charge in [0, 0.05) is 29.5 Å². The Balaban J connectivity index is 1.78. The minimum atomic E-state index is -0.265. The van der Waals surface area contributed by atoms with Gasteiger partial charge < -0.3 is 15.2 Å². The Kier molecular flexibility index (Phi) is 5.21. The van der Waals surface area contributed by atoms with Crippen molar-refractivity contribution in [2.45, 2.75) is 46.0 Å². The number of benzene rings is 2. The molecule has 2 aromatic rings. The molecule has 4 heteroatoms. The maximum atomic E-state index is 10.8. The Bertz CT molecular complexity index is 792. The lowest BCUT2D eigenvalue weighted by atomic mass is 9.71. The van der Waals surface area contributed by atoms with E-state index in [1.54, 1.807) is 0 Å². The summed E-state index contributed by atoms with van der Waals surface area (Å²) in [7, 11) is 0. The van der Waals surface area contributed by atoms with Gasteiger partial charge in [-0.1, -0.05) is 45.0 Å². The molecule has 1 heterocycles. The van der Waals surface area contributed by atoms with Crippen LogP contribution in [0.2, 0.25) is 0 Å². The summed E-state index contributed by atoms with van der Waals surface area (Å²) in [6.07, 6.45) is 1.95. The fraction of sp³-hybridized carbons (Fsp3) is 0.409. The summed E-state index contributed by atoms with van der Waals surface area (Å²) >= 11 is 0. The molecule has 0 aliphatic carbocycles. The smallest absolute Gasteiger partial charge is 0.217 e. The van der Waals surface area contributed by atoms with Crippen LogP contribution in [0.3, 0.4) is 0 Å². The second-order valence-electron chi connectivity index (χ2n) is 7.91. The van der Waals surface area contributed by atoms with Crippen LogP contribution in [-0.2, 0) is 4.79 Å². The van der Waals surface area contributed by atoms with Gasteiger partial charge in [-0.15, -0.1) is 0 Å². The number of hydrogen-bond donors (Lipinski definition) is 1. The van der Waals surface area contributed by atoms with Crippen molar-refractivity contribution in [3.8, 4) is 17.2 Å². The molecule has 3 rings (SSSR count). The van der Waals surface area contributed by atoms with Crippen LogP contribution in [0.1, 0.15) is 57.1 Å². The first-order valence-electron chi connectivity index (χ1n) is 9.18. The van der Waals surface area contributed by atoms with E-state index in [0.717, 1.165) is 30.1 Å². The summed E-state index contributed by atoms with van der Waals surface area (Å²) in [5.74, 6) is 2.57. The van der Waals surface area contributed by atoms with Gasteiger partial charge in [0.1, 0.15) is 17.2 Å². The van der Waals surface area contributed by atoms with Crippen molar-refractivity contribution in [2.24, 2.45) is 11.1 Å². The molecule has 0 radical (unpaired) electrons. The van der Waals surface area contributed by atoms with Gasteiger partial charge in [0.25, 0.3) is 0 Å². The Morgan fingerprint density at radius 3 is 2.54 bits per heavy atom. The predicted molar refractivity (Wildman–Crippen MR) is 103 cm³/mol. The van der Waals surface area contributed by atoms with Crippen LogP contribution in [0.5, 0.6) is 17.2 Å². The van der Waals surface area contributed by atoms with Gasteiger partial charge in [-0.2, -0.15) is 0 Å². The third-order valence-electron chi connectivity index (χ3n) is 4.70. The van der Waals surface area contributed by atoms with Gasteiger partial charge >= 0.3 is 0 Å². The SMILES string of the molecule is CC(C)(C)C1c2ccccc2Oc2cc(OCCCCC(N)=O)ccc21. The largest absolute Gasteiger partial charge is 0.493 e. The van der Waals surface area contributed by atoms with Crippen LogP contribution in [0.15, 0.2) is 42.5 Å². The molecular formula is C22H27NO3. The van der Waals surface area contributed by atoms with E-state index in [1.807, 2.05) is 24.3 Å². The second-order valence-corrected chi connectivity index (χ2v) is 7.91. The summed E-state index contributed by atoms with van der Waals surface area (Å²) in [4.78, 5) is 10.8.